The third-order valence-corrected chi connectivity index (χ3v) is 9.08. The van der Waals surface area contributed by atoms with Crippen molar-refractivity contribution in [2.24, 2.45) is 0 Å². The molecular weight excluding hydrogens is 849 g/mol. The highest BCUT2D eigenvalue weighted by Gasteiger charge is 2.22. The minimum atomic E-state index is -1.24. The van der Waals surface area contributed by atoms with E-state index >= 15 is 0 Å². The Morgan fingerprint density at radius 2 is 0.738 bits per heavy atom. The number of rotatable bonds is 35. The Kier molecular flexibility index (Phi) is 52.9. The van der Waals surface area contributed by atoms with Crippen LogP contribution in [0.1, 0.15) is 209 Å². The van der Waals surface area contributed by atoms with Crippen LogP contribution < -0.4 is 21.3 Å². The van der Waals surface area contributed by atoms with E-state index in [9.17, 15) is 47.9 Å². The third-order valence-electron chi connectivity index (χ3n) is 9.08. The first-order valence-corrected chi connectivity index (χ1v) is 23.5. The van der Waals surface area contributed by atoms with Crippen molar-refractivity contribution >= 4 is 59.3 Å². The molecule has 0 saturated heterocycles. The maximum Gasteiger partial charge on any atom is 0.326 e. The summed E-state index contributed by atoms with van der Waals surface area (Å²) in [5.74, 6) is -6.77. The molecule has 0 spiro atoms. The predicted octanol–water partition coefficient (Wildman–Crippen LogP) is 7.02. The monoisotopic (exact) mass is 935 g/mol. The summed E-state index contributed by atoms with van der Waals surface area (Å²) in [5.41, 5.74) is 0. The molecule has 0 heterocycles. The molecule has 3 unspecified atom stereocenters. The minimum absolute atomic E-state index is 0.0815. The molecule has 65 heavy (non-hydrogen) atoms. The smallest absolute Gasteiger partial charge is 0.326 e. The highest BCUT2D eigenvalue weighted by Crippen LogP contribution is 2.14. The van der Waals surface area contributed by atoms with E-state index in [1.54, 1.807) is 13.8 Å². The van der Waals surface area contributed by atoms with Crippen LogP contribution in [-0.4, -0.2) is 109 Å². The molecule has 380 valence electrons. The van der Waals surface area contributed by atoms with Crippen molar-refractivity contribution in [1.29, 1.82) is 0 Å². The topological polar surface area (TPSA) is 320 Å². The van der Waals surface area contributed by atoms with Gasteiger partial charge in [0.1, 0.15) is 30.5 Å². The Morgan fingerprint density at radius 3 is 1.03 bits per heavy atom. The average molecular weight is 935 g/mol. The Balaban J connectivity index is -0.000000282. The van der Waals surface area contributed by atoms with Gasteiger partial charge in [0.15, 0.2) is 0 Å². The van der Waals surface area contributed by atoms with Gasteiger partial charge in [-0.05, 0) is 39.5 Å². The van der Waals surface area contributed by atoms with E-state index in [4.69, 9.17) is 25.5 Å². The molecule has 0 saturated carbocycles. The number of Topliss-reactive ketones (excluding diaryl/α,β-unsaturated/α-hetero) is 1. The van der Waals surface area contributed by atoms with Crippen LogP contribution in [0.3, 0.4) is 0 Å². The third kappa shape index (κ3) is 55.0. The Labute approximate surface area is 387 Å². The largest absolute Gasteiger partial charge is 0.481 e. The standard InChI is InChI=1S/C22H41NO5.C11H18N2O6.C9H15NO4.2C2H6/c24-20(23-19-22(27)28)17-15-13-11-9-7-5-3-1-2-4-6-8-10-12-14-16-18-21(25)26;1-3-8(14)13-7(11(18)19)4-5-9(15)12-6(2)10(16)17;1-3-8(12)10-7(9(13)14)5-4-6(2)11;2*1-2/h1-19H2,(H,23,24)(H,25,26)(H,27,28);6-7H,3-5H2,1-2H3,(H,12,15)(H,13,14)(H,16,17)(H,18,19);7H,3-5H2,1-2H3,(H,10,12)(H,13,14);2*1-2H3. The molecule has 9 N–H and O–H groups in total. The van der Waals surface area contributed by atoms with E-state index in [0.29, 0.717) is 12.8 Å². The van der Waals surface area contributed by atoms with E-state index in [1.807, 2.05) is 27.7 Å². The maximum absolute atomic E-state index is 11.4. The summed E-state index contributed by atoms with van der Waals surface area (Å²) >= 11 is 0. The van der Waals surface area contributed by atoms with Crippen LogP contribution in [0.4, 0.5) is 0 Å². The van der Waals surface area contributed by atoms with Gasteiger partial charge in [0.25, 0.3) is 0 Å². The number of unbranched alkanes of at least 4 members (excludes halogenated alkanes) is 15. The van der Waals surface area contributed by atoms with Crippen LogP contribution >= 0.6 is 0 Å². The quantitative estimate of drug-likeness (QED) is 0.0288. The zero-order chi connectivity index (χ0) is 51.0. The van der Waals surface area contributed by atoms with Crippen LogP contribution in [0.5, 0.6) is 0 Å². The minimum Gasteiger partial charge on any atom is -0.481 e. The number of carboxylic acid groups (broad SMARTS) is 5. The van der Waals surface area contributed by atoms with Gasteiger partial charge >= 0.3 is 29.8 Å². The highest BCUT2D eigenvalue weighted by molar-refractivity contribution is 5.86. The van der Waals surface area contributed by atoms with Gasteiger partial charge in [0.05, 0.1) is 0 Å². The van der Waals surface area contributed by atoms with Crippen molar-refractivity contribution in [2.45, 2.75) is 228 Å². The van der Waals surface area contributed by atoms with E-state index in [1.165, 1.54) is 84.5 Å². The summed E-state index contributed by atoms with van der Waals surface area (Å²) in [5, 5.41) is 52.3. The highest BCUT2D eigenvalue weighted by atomic mass is 16.4. The van der Waals surface area contributed by atoms with E-state index < -0.39 is 59.8 Å². The van der Waals surface area contributed by atoms with Crippen LogP contribution in [0.2, 0.25) is 0 Å². The Hall–Kier alpha value is -5.10. The van der Waals surface area contributed by atoms with Crippen molar-refractivity contribution in [3.63, 3.8) is 0 Å². The van der Waals surface area contributed by atoms with Crippen LogP contribution in [-0.2, 0) is 47.9 Å². The van der Waals surface area contributed by atoms with Crippen molar-refractivity contribution in [3.05, 3.63) is 0 Å². The molecule has 0 aliphatic rings. The molecule has 0 aromatic rings. The molecule has 0 rings (SSSR count). The Morgan fingerprint density at radius 1 is 0.400 bits per heavy atom. The summed E-state index contributed by atoms with van der Waals surface area (Å²) < 4.78 is 0. The van der Waals surface area contributed by atoms with Gasteiger partial charge in [-0.1, -0.05) is 131 Å². The average Bonchev–Trinajstić information content (AvgIpc) is 3.26. The van der Waals surface area contributed by atoms with Gasteiger partial charge < -0.3 is 51.6 Å². The fraction of sp³-hybridized carbons (Fsp3) is 0.783. The SMILES string of the molecule is CC.CC.CCC(=O)NC(CCC(=O)NC(C)C(=O)O)C(=O)O.CCC(=O)NC(CCC(C)=O)C(=O)O.O=C(O)CCCCCCCCCCCCCCCCCCC(=O)NCC(=O)O. The summed E-state index contributed by atoms with van der Waals surface area (Å²) in [6.45, 7) is 13.6. The lowest BCUT2D eigenvalue weighted by Crippen LogP contribution is -2.42. The number of ketones is 1. The second-order valence-electron chi connectivity index (χ2n) is 14.8. The zero-order valence-corrected chi connectivity index (χ0v) is 40.7. The first-order valence-electron chi connectivity index (χ1n) is 23.5. The molecule has 0 bridgehead atoms. The van der Waals surface area contributed by atoms with E-state index in [-0.39, 0.29) is 62.7 Å². The van der Waals surface area contributed by atoms with Crippen LogP contribution in [0.15, 0.2) is 0 Å². The summed E-state index contributed by atoms with van der Waals surface area (Å²) in [6, 6.07) is -3.15. The van der Waals surface area contributed by atoms with Crippen LogP contribution in [0, 0.1) is 0 Å². The second-order valence-corrected chi connectivity index (χ2v) is 14.8. The van der Waals surface area contributed by atoms with Crippen molar-refractivity contribution in [1.82, 2.24) is 21.3 Å². The summed E-state index contributed by atoms with van der Waals surface area (Å²) in [7, 11) is 0. The van der Waals surface area contributed by atoms with Gasteiger partial charge in [-0.25, -0.2) is 9.59 Å². The number of carbonyl (C=O) groups is 10. The molecule has 19 heteroatoms. The first-order chi connectivity index (χ1) is 30.8. The van der Waals surface area contributed by atoms with E-state index in [0.717, 1.165) is 32.1 Å². The maximum atomic E-state index is 11.4. The number of nitrogens with one attached hydrogen (secondary N) is 4. The normalized spacial score (nSPS) is 11.2. The molecule has 0 aromatic carbocycles. The number of carboxylic acids is 5. The summed E-state index contributed by atoms with van der Waals surface area (Å²) in [6.07, 6.45) is 20.1. The van der Waals surface area contributed by atoms with Gasteiger partial charge in [-0.15, -0.1) is 0 Å². The van der Waals surface area contributed by atoms with Crippen molar-refractivity contribution in [3.8, 4) is 0 Å². The zero-order valence-electron chi connectivity index (χ0n) is 40.7. The molecule has 4 amide bonds. The molecule has 3 atom stereocenters. The lowest BCUT2D eigenvalue weighted by Gasteiger charge is -2.14. The predicted molar refractivity (Wildman–Crippen MR) is 248 cm³/mol. The molecular formula is C46H86N4O15. The fourth-order valence-corrected chi connectivity index (χ4v) is 5.41. The fourth-order valence-electron chi connectivity index (χ4n) is 5.41. The number of carbonyl (C=O) groups excluding carboxylic acids is 5. The number of hydrogen-bond donors (Lipinski definition) is 9. The van der Waals surface area contributed by atoms with Gasteiger partial charge in [0, 0.05) is 38.5 Å². The second kappa shape index (κ2) is 49.9. The molecule has 0 aromatic heterocycles. The van der Waals surface area contributed by atoms with E-state index in [2.05, 4.69) is 21.3 Å². The van der Waals surface area contributed by atoms with Crippen LogP contribution in [0.25, 0.3) is 0 Å². The van der Waals surface area contributed by atoms with Crippen molar-refractivity contribution < 1.29 is 73.5 Å². The molecule has 19 nitrogen and oxygen atoms in total. The molecule has 0 radical (unpaired) electrons. The van der Waals surface area contributed by atoms with Gasteiger partial charge in [-0.2, -0.15) is 0 Å². The lowest BCUT2D eigenvalue weighted by molar-refractivity contribution is -0.143. The van der Waals surface area contributed by atoms with Crippen molar-refractivity contribution in [2.75, 3.05) is 6.54 Å². The molecule has 0 aliphatic carbocycles. The Bertz CT molecular complexity index is 1330. The van der Waals surface area contributed by atoms with Gasteiger partial charge in [-0.3, -0.25) is 33.6 Å². The molecule has 0 aliphatic heterocycles. The number of hydrogen-bond acceptors (Lipinski definition) is 10. The lowest BCUT2D eigenvalue weighted by atomic mass is 10.0. The van der Waals surface area contributed by atoms with Gasteiger partial charge in [0.2, 0.25) is 23.6 Å². The number of amides is 4. The molecule has 0 fully saturated rings. The first kappa shape index (κ1) is 68.9. The summed E-state index contributed by atoms with van der Waals surface area (Å²) in [4.78, 5) is 108. The number of aliphatic carboxylic acids is 5.